The Kier molecular flexibility index (Phi) is 7.51. The number of anilines is 1. The van der Waals surface area contributed by atoms with Crippen molar-refractivity contribution in [3.05, 3.63) is 70.7 Å². The summed E-state index contributed by atoms with van der Waals surface area (Å²) in [5.74, 6) is 0.108. The molecule has 1 heterocycles. The Bertz CT molecular complexity index is 1040. The normalized spacial score (nSPS) is 17.4. The first-order valence-corrected chi connectivity index (χ1v) is 12.5. The molecule has 1 atom stereocenters. The highest BCUT2D eigenvalue weighted by atomic mass is 31.0. The minimum absolute atomic E-state index is 0.223. The summed E-state index contributed by atoms with van der Waals surface area (Å²) in [4.78, 5) is 17.7. The van der Waals surface area contributed by atoms with E-state index in [1.165, 1.54) is 37.4 Å². The minimum Gasteiger partial charge on any atom is -0.372 e. The summed E-state index contributed by atoms with van der Waals surface area (Å²) in [6.45, 7) is 12.8. The van der Waals surface area contributed by atoms with E-state index in [2.05, 4.69) is 30.9 Å². The van der Waals surface area contributed by atoms with Crippen LogP contribution in [0.3, 0.4) is 0 Å². The lowest BCUT2D eigenvalue weighted by Gasteiger charge is -2.39. The van der Waals surface area contributed by atoms with E-state index in [0.29, 0.717) is 23.7 Å². The van der Waals surface area contributed by atoms with Crippen molar-refractivity contribution in [2.75, 3.05) is 31.5 Å². The van der Waals surface area contributed by atoms with Crippen LogP contribution >= 0.6 is 9.24 Å². The number of rotatable bonds is 6. The average molecular weight is 468 g/mol. The van der Waals surface area contributed by atoms with Crippen LogP contribution in [0.2, 0.25) is 0 Å². The van der Waals surface area contributed by atoms with Crippen LogP contribution in [0, 0.1) is 25.6 Å². The lowest BCUT2D eigenvalue weighted by molar-refractivity contribution is 0.102. The van der Waals surface area contributed by atoms with Crippen molar-refractivity contribution in [1.29, 1.82) is 0 Å². The van der Waals surface area contributed by atoms with Crippen LogP contribution in [0.25, 0.3) is 0 Å². The SMILES string of the molecule is C=C(C1CCCC1)N1CCN(Cc2cc(F)cc(NC(=O)c3ccc(C)cc3P)c2C)CC1. The predicted octanol–water partition coefficient (Wildman–Crippen LogP) is 5.02. The lowest BCUT2D eigenvalue weighted by atomic mass is 10.0. The molecule has 4 nitrogen and oxygen atoms in total. The molecule has 2 aliphatic rings. The van der Waals surface area contributed by atoms with Crippen LogP contribution < -0.4 is 10.6 Å². The number of hydrogen-bond acceptors (Lipinski definition) is 3. The van der Waals surface area contributed by atoms with Gasteiger partial charge in [0.1, 0.15) is 5.82 Å². The Balaban J connectivity index is 1.41. The van der Waals surface area contributed by atoms with E-state index in [1.807, 2.05) is 32.0 Å². The van der Waals surface area contributed by atoms with Crippen LogP contribution in [0.1, 0.15) is 52.7 Å². The first-order chi connectivity index (χ1) is 15.8. The van der Waals surface area contributed by atoms with Gasteiger partial charge in [-0.25, -0.2) is 4.39 Å². The van der Waals surface area contributed by atoms with E-state index < -0.39 is 0 Å². The van der Waals surface area contributed by atoms with Gasteiger partial charge in [-0.2, -0.15) is 0 Å². The molecule has 0 radical (unpaired) electrons. The number of carbonyl (C=O) groups is 1. The molecule has 1 N–H and O–H groups in total. The molecule has 1 unspecified atom stereocenters. The molecule has 0 bridgehead atoms. The number of nitrogens with one attached hydrogen (secondary N) is 1. The Hall–Kier alpha value is -2.23. The van der Waals surface area contributed by atoms with Gasteiger partial charge in [-0.15, -0.1) is 9.24 Å². The smallest absolute Gasteiger partial charge is 0.256 e. The van der Waals surface area contributed by atoms with E-state index >= 15 is 0 Å². The molecule has 0 aromatic heterocycles. The molecule has 1 aliphatic heterocycles. The second-order valence-corrected chi connectivity index (χ2v) is 10.1. The Morgan fingerprint density at radius 1 is 1.12 bits per heavy atom. The van der Waals surface area contributed by atoms with Crippen LogP contribution in [0.15, 0.2) is 42.6 Å². The largest absolute Gasteiger partial charge is 0.372 e. The minimum atomic E-state index is -0.325. The molecular formula is C27H35FN3OP. The van der Waals surface area contributed by atoms with E-state index in [4.69, 9.17) is 0 Å². The monoisotopic (exact) mass is 467 g/mol. The summed E-state index contributed by atoms with van der Waals surface area (Å²) < 4.78 is 14.5. The van der Waals surface area contributed by atoms with Crippen molar-refractivity contribution in [1.82, 2.24) is 9.80 Å². The number of nitrogens with zero attached hydrogens (tertiary/aromatic N) is 2. The number of carbonyl (C=O) groups excluding carboxylic acids is 1. The molecule has 2 aromatic rings. The van der Waals surface area contributed by atoms with Crippen molar-refractivity contribution in [2.24, 2.45) is 5.92 Å². The number of amides is 1. The summed E-state index contributed by atoms with van der Waals surface area (Å²) in [6.07, 6.45) is 5.20. The zero-order valence-electron chi connectivity index (χ0n) is 19.8. The maximum Gasteiger partial charge on any atom is 0.256 e. The zero-order chi connectivity index (χ0) is 23.5. The number of aryl methyl sites for hydroxylation is 1. The highest BCUT2D eigenvalue weighted by Crippen LogP contribution is 2.32. The first kappa shape index (κ1) is 23.9. The van der Waals surface area contributed by atoms with E-state index in [-0.39, 0.29) is 11.7 Å². The molecule has 2 aromatic carbocycles. The summed E-state index contributed by atoms with van der Waals surface area (Å²) in [6, 6.07) is 8.68. The van der Waals surface area contributed by atoms with Crippen molar-refractivity contribution in [2.45, 2.75) is 46.1 Å². The molecule has 1 aliphatic carbocycles. The third-order valence-electron chi connectivity index (χ3n) is 7.18. The van der Waals surface area contributed by atoms with Gasteiger partial charge >= 0.3 is 0 Å². The van der Waals surface area contributed by atoms with Crippen molar-refractivity contribution in [3.63, 3.8) is 0 Å². The van der Waals surface area contributed by atoms with E-state index in [1.54, 1.807) is 6.07 Å². The van der Waals surface area contributed by atoms with Gasteiger partial charge in [-0.1, -0.05) is 37.1 Å². The third kappa shape index (κ3) is 5.65. The topological polar surface area (TPSA) is 35.6 Å². The lowest BCUT2D eigenvalue weighted by Crippen LogP contribution is -2.46. The van der Waals surface area contributed by atoms with Gasteiger partial charge in [0.25, 0.3) is 5.91 Å². The highest BCUT2D eigenvalue weighted by Gasteiger charge is 2.25. The zero-order valence-corrected chi connectivity index (χ0v) is 20.9. The third-order valence-corrected chi connectivity index (χ3v) is 7.66. The molecular weight excluding hydrogens is 432 g/mol. The molecule has 1 saturated heterocycles. The quantitative estimate of drug-likeness (QED) is 0.607. The predicted molar refractivity (Wildman–Crippen MR) is 138 cm³/mol. The maximum atomic E-state index is 14.5. The van der Waals surface area contributed by atoms with Crippen LogP contribution in [-0.2, 0) is 6.54 Å². The average Bonchev–Trinajstić information content (AvgIpc) is 3.32. The summed E-state index contributed by atoms with van der Waals surface area (Å²) in [5.41, 5.74) is 5.35. The Morgan fingerprint density at radius 3 is 2.48 bits per heavy atom. The van der Waals surface area contributed by atoms with Gasteiger partial charge in [0.05, 0.1) is 0 Å². The van der Waals surface area contributed by atoms with Gasteiger partial charge in [0, 0.05) is 49.7 Å². The second-order valence-electron chi connectivity index (χ2n) is 9.52. The standard InChI is InChI=1S/C27H35FN3OP/c1-18-8-9-24(26(33)14-18)27(32)29-25-16-23(28)15-22(19(25)2)17-30-10-12-31(13-11-30)20(3)21-6-4-5-7-21/h8-9,14-16,21H,3-7,10-13,17,33H2,1-2H3,(H,29,32). The van der Waals surface area contributed by atoms with E-state index in [9.17, 15) is 9.18 Å². The fraction of sp³-hybridized carbons (Fsp3) is 0.444. The summed E-state index contributed by atoms with van der Waals surface area (Å²) in [5, 5.41) is 3.76. The van der Waals surface area contributed by atoms with Crippen LogP contribution in [0.5, 0.6) is 0 Å². The molecule has 176 valence electrons. The Labute approximate surface area is 199 Å². The van der Waals surface area contributed by atoms with Gasteiger partial charge in [0.2, 0.25) is 0 Å². The summed E-state index contributed by atoms with van der Waals surface area (Å²) >= 11 is 0. The number of halogens is 1. The molecule has 0 spiro atoms. The molecule has 2 fully saturated rings. The van der Waals surface area contributed by atoms with Crippen LogP contribution in [0.4, 0.5) is 10.1 Å². The molecule has 33 heavy (non-hydrogen) atoms. The van der Waals surface area contributed by atoms with Crippen molar-refractivity contribution in [3.8, 4) is 0 Å². The first-order valence-electron chi connectivity index (χ1n) is 11.9. The Morgan fingerprint density at radius 2 is 1.82 bits per heavy atom. The maximum absolute atomic E-state index is 14.5. The van der Waals surface area contributed by atoms with Crippen molar-refractivity contribution >= 4 is 26.1 Å². The molecule has 4 rings (SSSR count). The fourth-order valence-corrected chi connectivity index (χ4v) is 5.55. The second kappa shape index (κ2) is 10.4. The fourth-order valence-electron chi connectivity index (χ4n) is 5.06. The van der Waals surface area contributed by atoms with E-state index in [0.717, 1.165) is 48.2 Å². The highest BCUT2D eigenvalue weighted by molar-refractivity contribution is 7.27. The van der Waals surface area contributed by atoms with Crippen LogP contribution in [-0.4, -0.2) is 41.9 Å². The molecule has 6 heteroatoms. The van der Waals surface area contributed by atoms with Crippen molar-refractivity contribution < 1.29 is 9.18 Å². The van der Waals surface area contributed by atoms with Gasteiger partial charge in [-0.05, 0) is 67.2 Å². The molecule has 1 amide bonds. The van der Waals surface area contributed by atoms with Gasteiger partial charge in [0.15, 0.2) is 0 Å². The van der Waals surface area contributed by atoms with Gasteiger partial charge < -0.3 is 10.2 Å². The number of piperazine rings is 1. The number of allylic oxidation sites excluding steroid dienone is 1. The van der Waals surface area contributed by atoms with Gasteiger partial charge in [-0.3, -0.25) is 9.69 Å². The molecule has 1 saturated carbocycles. The summed E-state index contributed by atoms with van der Waals surface area (Å²) in [7, 11) is 2.61. The number of benzene rings is 2. The number of hydrogen-bond donors (Lipinski definition) is 1.